The molecule has 1 amide bonds. The van der Waals surface area contributed by atoms with Crippen LogP contribution in [0.15, 0.2) is 36.4 Å². The molecule has 0 atom stereocenters. The number of halogens is 1. The van der Waals surface area contributed by atoms with Gasteiger partial charge in [-0.15, -0.1) is 0 Å². The van der Waals surface area contributed by atoms with Crippen molar-refractivity contribution in [3.63, 3.8) is 0 Å². The lowest BCUT2D eigenvalue weighted by atomic mass is 10.1. The summed E-state index contributed by atoms with van der Waals surface area (Å²) in [6.45, 7) is 0. The van der Waals surface area contributed by atoms with E-state index in [1.807, 2.05) is 6.07 Å². The molecule has 2 aromatic carbocycles. The summed E-state index contributed by atoms with van der Waals surface area (Å²) in [5.41, 5.74) is 0.630. The molecular formula is C15H11ClN2O3. The SMILES string of the molecule is COc1ccc(C(=O)Nc2cc(Cl)ccc2C#N)c(O)c1. The Kier molecular flexibility index (Phi) is 4.31. The molecule has 5 nitrogen and oxygen atoms in total. The molecule has 0 aliphatic carbocycles. The summed E-state index contributed by atoms with van der Waals surface area (Å²) in [6, 6.07) is 10.8. The van der Waals surface area contributed by atoms with E-state index in [1.54, 1.807) is 12.1 Å². The third kappa shape index (κ3) is 3.25. The van der Waals surface area contributed by atoms with Crippen molar-refractivity contribution in [2.75, 3.05) is 12.4 Å². The number of phenolic OH excluding ortho intramolecular Hbond substituents is 1. The van der Waals surface area contributed by atoms with Gasteiger partial charge in [-0.1, -0.05) is 11.6 Å². The minimum Gasteiger partial charge on any atom is -0.507 e. The molecule has 2 aromatic rings. The zero-order chi connectivity index (χ0) is 15.4. The van der Waals surface area contributed by atoms with E-state index in [0.29, 0.717) is 10.8 Å². The average molecular weight is 303 g/mol. The number of aromatic hydroxyl groups is 1. The highest BCUT2D eigenvalue weighted by atomic mass is 35.5. The van der Waals surface area contributed by atoms with E-state index in [0.717, 1.165) is 0 Å². The number of nitrogens with one attached hydrogen (secondary N) is 1. The van der Waals surface area contributed by atoms with Crippen molar-refractivity contribution in [1.82, 2.24) is 0 Å². The third-order valence-corrected chi connectivity index (χ3v) is 3.03. The second-order valence-corrected chi connectivity index (χ2v) is 4.58. The van der Waals surface area contributed by atoms with Gasteiger partial charge in [-0.2, -0.15) is 5.26 Å². The smallest absolute Gasteiger partial charge is 0.259 e. The highest BCUT2D eigenvalue weighted by molar-refractivity contribution is 6.31. The Hall–Kier alpha value is -2.71. The van der Waals surface area contributed by atoms with Gasteiger partial charge in [-0.05, 0) is 30.3 Å². The van der Waals surface area contributed by atoms with Crippen LogP contribution < -0.4 is 10.1 Å². The Morgan fingerprint density at radius 2 is 2.10 bits per heavy atom. The van der Waals surface area contributed by atoms with Gasteiger partial charge in [0.1, 0.15) is 17.6 Å². The molecule has 0 radical (unpaired) electrons. The normalized spacial score (nSPS) is 9.76. The Morgan fingerprint density at radius 3 is 2.71 bits per heavy atom. The van der Waals surface area contributed by atoms with Gasteiger partial charge in [0.05, 0.1) is 23.9 Å². The third-order valence-electron chi connectivity index (χ3n) is 2.80. The maximum absolute atomic E-state index is 12.1. The molecule has 0 aliphatic rings. The van der Waals surface area contributed by atoms with E-state index in [1.165, 1.54) is 31.4 Å². The Labute approximate surface area is 126 Å². The highest BCUT2D eigenvalue weighted by Crippen LogP contribution is 2.26. The number of nitrogens with zero attached hydrogens (tertiary/aromatic N) is 1. The van der Waals surface area contributed by atoms with Gasteiger partial charge in [0.25, 0.3) is 5.91 Å². The molecule has 0 aromatic heterocycles. The van der Waals surface area contributed by atoms with E-state index in [9.17, 15) is 9.90 Å². The molecular weight excluding hydrogens is 292 g/mol. The lowest BCUT2D eigenvalue weighted by Gasteiger charge is -2.09. The summed E-state index contributed by atoms with van der Waals surface area (Å²) in [6.07, 6.45) is 0. The lowest BCUT2D eigenvalue weighted by Crippen LogP contribution is -2.13. The van der Waals surface area contributed by atoms with E-state index in [4.69, 9.17) is 21.6 Å². The molecule has 2 N–H and O–H groups in total. The van der Waals surface area contributed by atoms with Gasteiger partial charge in [-0.25, -0.2) is 0 Å². The quantitative estimate of drug-likeness (QED) is 0.912. The molecule has 0 aliphatic heterocycles. The van der Waals surface area contributed by atoms with Crippen molar-refractivity contribution in [2.24, 2.45) is 0 Å². The van der Waals surface area contributed by atoms with Crippen LogP contribution in [0.2, 0.25) is 5.02 Å². The molecule has 0 saturated heterocycles. The summed E-state index contributed by atoms with van der Waals surface area (Å²) in [4.78, 5) is 12.1. The molecule has 6 heteroatoms. The molecule has 0 spiro atoms. The summed E-state index contributed by atoms with van der Waals surface area (Å²) in [5, 5.41) is 21.8. The molecule has 0 saturated carbocycles. The lowest BCUT2D eigenvalue weighted by molar-refractivity contribution is 0.102. The molecule has 0 bridgehead atoms. The first-order valence-corrected chi connectivity index (χ1v) is 6.31. The summed E-state index contributed by atoms with van der Waals surface area (Å²) < 4.78 is 4.95. The first-order valence-electron chi connectivity index (χ1n) is 5.93. The van der Waals surface area contributed by atoms with Crippen molar-refractivity contribution in [3.05, 3.63) is 52.5 Å². The van der Waals surface area contributed by atoms with Gasteiger partial charge in [0, 0.05) is 11.1 Å². The minimum atomic E-state index is -0.547. The maximum Gasteiger partial charge on any atom is 0.259 e. The number of anilines is 1. The zero-order valence-electron chi connectivity index (χ0n) is 11.1. The van der Waals surface area contributed by atoms with Crippen molar-refractivity contribution < 1.29 is 14.6 Å². The number of ether oxygens (including phenoxy) is 1. The molecule has 0 fully saturated rings. The standard InChI is InChI=1S/C15H11ClN2O3/c1-21-11-4-5-12(14(19)7-11)15(20)18-13-6-10(16)3-2-9(13)8-17/h2-7,19H,1H3,(H,18,20). The number of hydrogen-bond donors (Lipinski definition) is 2. The predicted molar refractivity (Wildman–Crippen MR) is 78.8 cm³/mol. The number of amides is 1. The molecule has 21 heavy (non-hydrogen) atoms. The summed E-state index contributed by atoms with van der Waals surface area (Å²) in [5.74, 6) is -0.328. The first kappa shape index (κ1) is 14.7. The number of carbonyl (C=O) groups excluding carboxylic acids is 1. The largest absolute Gasteiger partial charge is 0.507 e. The van der Waals surface area contributed by atoms with Crippen LogP contribution in [0, 0.1) is 11.3 Å². The van der Waals surface area contributed by atoms with Crippen LogP contribution in [0.3, 0.4) is 0 Å². The van der Waals surface area contributed by atoms with E-state index in [2.05, 4.69) is 5.32 Å². The zero-order valence-corrected chi connectivity index (χ0v) is 11.8. The summed E-state index contributed by atoms with van der Waals surface area (Å²) in [7, 11) is 1.46. The van der Waals surface area contributed by atoms with Gasteiger partial charge in [0.15, 0.2) is 0 Å². The molecule has 0 heterocycles. The second-order valence-electron chi connectivity index (χ2n) is 4.14. The number of methoxy groups -OCH3 is 1. The number of benzene rings is 2. The Balaban J connectivity index is 2.30. The number of nitriles is 1. The van der Waals surface area contributed by atoms with Crippen molar-refractivity contribution in [2.45, 2.75) is 0 Å². The summed E-state index contributed by atoms with van der Waals surface area (Å²) >= 11 is 5.85. The number of hydrogen-bond acceptors (Lipinski definition) is 4. The Bertz CT molecular complexity index is 738. The Morgan fingerprint density at radius 1 is 1.33 bits per heavy atom. The van der Waals surface area contributed by atoms with E-state index < -0.39 is 5.91 Å². The number of rotatable bonds is 3. The van der Waals surface area contributed by atoms with Crippen LogP contribution in [-0.4, -0.2) is 18.1 Å². The van der Waals surface area contributed by atoms with Crippen LogP contribution in [0.4, 0.5) is 5.69 Å². The monoisotopic (exact) mass is 302 g/mol. The minimum absolute atomic E-state index is 0.0691. The van der Waals surface area contributed by atoms with Crippen molar-refractivity contribution in [3.8, 4) is 17.6 Å². The number of phenols is 1. The molecule has 0 unspecified atom stereocenters. The fourth-order valence-corrected chi connectivity index (χ4v) is 1.91. The van der Waals surface area contributed by atoms with E-state index in [-0.39, 0.29) is 22.6 Å². The van der Waals surface area contributed by atoms with Crippen LogP contribution in [0.1, 0.15) is 15.9 Å². The molecule has 2 rings (SSSR count). The highest BCUT2D eigenvalue weighted by Gasteiger charge is 2.14. The fraction of sp³-hybridized carbons (Fsp3) is 0.0667. The second kappa shape index (κ2) is 6.16. The topological polar surface area (TPSA) is 82.3 Å². The van der Waals surface area contributed by atoms with Crippen LogP contribution in [-0.2, 0) is 0 Å². The van der Waals surface area contributed by atoms with Crippen LogP contribution >= 0.6 is 11.6 Å². The van der Waals surface area contributed by atoms with Crippen molar-refractivity contribution in [1.29, 1.82) is 5.26 Å². The van der Waals surface area contributed by atoms with Gasteiger partial charge < -0.3 is 15.2 Å². The first-order chi connectivity index (χ1) is 10.0. The molecule has 106 valence electrons. The average Bonchev–Trinajstić information content (AvgIpc) is 2.47. The van der Waals surface area contributed by atoms with Crippen LogP contribution in [0.25, 0.3) is 0 Å². The maximum atomic E-state index is 12.1. The fourth-order valence-electron chi connectivity index (χ4n) is 1.74. The van der Waals surface area contributed by atoms with E-state index >= 15 is 0 Å². The van der Waals surface area contributed by atoms with Gasteiger partial charge >= 0.3 is 0 Å². The van der Waals surface area contributed by atoms with Crippen molar-refractivity contribution >= 4 is 23.2 Å². The number of carbonyl (C=O) groups is 1. The van der Waals surface area contributed by atoms with Gasteiger partial charge in [0.2, 0.25) is 0 Å². The predicted octanol–water partition coefficient (Wildman–Crippen LogP) is 3.18. The van der Waals surface area contributed by atoms with Gasteiger partial charge in [-0.3, -0.25) is 4.79 Å². The van der Waals surface area contributed by atoms with Crippen LogP contribution in [0.5, 0.6) is 11.5 Å².